The first-order valence-electron chi connectivity index (χ1n) is 6.60. The number of nitriles is 1. The molecule has 0 saturated heterocycles. The molecule has 3 rings (SSSR count). The molecule has 0 radical (unpaired) electrons. The van der Waals surface area contributed by atoms with Gasteiger partial charge in [-0.15, -0.1) is 0 Å². The minimum atomic E-state index is 0.666. The van der Waals surface area contributed by atoms with Crippen molar-refractivity contribution in [2.75, 3.05) is 0 Å². The van der Waals surface area contributed by atoms with E-state index in [4.69, 9.17) is 17.5 Å². The zero-order chi connectivity index (χ0) is 14.7. The van der Waals surface area contributed by atoms with Crippen LogP contribution in [0.1, 0.15) is 11.1 Å². The quantitative estimate of drug-likeness (QED) is 0.737. The molecule has 0 atom stereocenters. The van der Waals surface area contributed by atoms with Gasteiger partial charge in [-0.05, 0) is 35.5 Å². The molecular formula is C17H13N3S. The van der Waals surface area contributed by atoms with Crippen molar-refractivity contribution in [3.05, 3.63) is 76.7 Å². The molecule has 0 aliphatic carbocycles. The van der Waals surface area contributed by atoms with Gasteiger partial charge in [0.25, 0.3) is 0 Å². The van der Waals surface area contributed by atoms with Crippen LogP contribution in [-0.2, 0) is 6.54 Å². The van der Waals surface area contributed by atoms with E-state index in [0.29, 0.717) is 16.9 Å². The molecule has 3 nitrogen and oxygen atoms in total. The molecule has 0 aliphatic heterocycles. The first kappa shape index (κ1) is 13.3. The molecule has 1 aromatic heterocycles. The lowest BCUT2D eigenvalue weighted by Crippen LogP contribution is -2.02. The number of imidazole rings is 1. The number of aromatic nitrogens is 2. The van der Waals surface area contributed by atoms with Gasteiger partial charge in [0.1, 0.15) is 0 Å². The van der Waals surface area contributed by atoms with E-state index in [0.717, 1.165) is 16.8 Å². The van der Waals surface area contributed by atoms with Gasteiger partial charge in [-0.3, -0.25) is 0 Å². The Morgan fingerprint density at radius 3 is 2.43 bits per heavy atom. The van der Waals surface area contributed by atoms with E-state index in [-0.39, 0.29) is 0 Å². The highest BCUT2D eigenvalue weighted by molar-refractivity contribution is 7.71. The first-order chi connectivity index (χ1) is 10.3. The van der Waals surface area contributed by atoms with Crippen LogP contribution in [-0.4, -0.2) is 9.55 Å². The minimum Gasteiger partial charge on any atom is -0.337 e. The van der Waals surface area contributed by atoms with Gasteiger partial charge in [0.15, 0.2) is 4.77 Å². The fourth-order valence-electron chi connectivity index (χ4n) is 2.27. The van der Waals surface area contributed by atoms with Crippen LogP contribution in [0.3, 0.4) is 0 Å². The Balaban J connectivity index is 1.97. The molecule has 0 spiro atoms. The average Bonchev–Trinajstić information content (AvgIpc) is 2.90. The number of nitrogens with zero attached hydrogens (tertiary/aromatic N) is 2. The molecule has 21 heavy (non-hydrogen) atoms. The molecule has 3 aromatic rings. The summed E-state index contributed by atoms with van der Waals surface area (Å²) < 4.78 is 2.75. The van der Waals surface area contributed by atoms with Gasteiger partial charge in [0.05, 0.1) is 23.9 Å². The van der Waals surface area contributed by atoms with Crippen LogP contribution in [0.25, 0.3) is 11.3 Å². The summed E-state index contributed by atoms with van der Waals surface area (Å²) in [5.74, 6) is 0. The molecule has 0 fully saturated rings. The van der Waals surface area contributed by atoms with Crippen LogP contribution in [0, 0.1) is 16.1 Å². The molecular weight excluding hydrogens is 278 g/mol. The smallest absolute Gasteiger partial charge is 0.177 e. The van der Waals surface area contributed by atoms with Gasteiger partial charge < -0.3 is 9.55 Å². The highest BCUT2D eigenvalue weighted by atomic mass is 32.1. The second-order valence-electron chi connectivity index (χ2n) is 4.74. The Bertz CT molecular complexity index is 836. The van der Waals surface area contributed by atoms with E-state index in [1.165, 1.54) is 0 Å². The van der Waals surface area contributed by atoms with Crippen molar-refractivity contribution >= 4 is 12.2 Å². The van der Waals surface area contributed by atoms with Crippen LogP contribution >= 0.6 is 12.2 Å². The number of nitrogens with one attached hydrogen (secondary N) is 1. The van der Waals surface area contributed by atoms with Crippen LogP contribution in [0.2, 0.25) is 0 Å². The normalized spacial score (nSPS) is 10.2. The van der Waals surface area contributed by atoms with Gasteiger partial charge in [-0.1, -0.05) is 42.5 Å². The fraction of sp³-hybridized carbons (Fsp3) is 0.0588. The Labute approximate surface area is 128 Å². The highest BCUT2D eigenvalue weighted by Gasteiger charge is 2.07. The van der Waals surface area contributed by atoms with E-state index in [1.807, 2.05) is 48.7 Å². The topological polar surface area (TPSA) is 44.5 Å². The summed E-state index contributed by atoms with van der Waals surface area (Å²) >= 11 is 5.38. The van der Waals surface area contributed by atoms with Gasteiger partial charge in [0.2, 0.25) is 0 Å². The van der Waals surface area contributed by atoms with Gasteiger partial charge in [0, 0.05) is 6.20 Å². The minimum absolute atomic E-state index is 0.666. The monoisotopic (exact) mass is 291 g/mol. The molecule has 1 N–H and O–H groups in total. The van der Waals surface area contributed by atoms with Crippen molar-refractivity contribution < 1.29 is 0 Å². The van der Waals surface area contributed by atoms with Crippen LogP contribution in [0.5, 0.6) is 0 Å². The molecule has 0 unspecified atom stereocenters. The summed E-state index contributed by atoms with van der Waals surface area (Å²) in [5, 5.41) is 8.85. The number of benzene rings is 2. The maximum absolute atomic E-state index is 8.85. The summed E-state index contributed by atoms with van der Waals surface area (Å²) in [5.41, 5.74) is 3.96. The lowest BCUT2D eigenvalue weighted by Gasteiger charge is -2.08. The maximum atomic E-state index is 8.85. The van der Waals surface area contributed by atoms with Crippen molar-refractivity contribution in [3.63, 3.8) is 0 Å². The van der Waals surface area contributed by atoms with Gasteiger partial charge in [-0.25, -0.2) is 0 Å². The molecule has 1 heterocycles. The number of aromatic amines is 1. The molecule has 0 amide bonds. The summed E-state index contributed by atoms with van der Waals surface area (Å²) in [6.45, 7) is 0.679. The molecule has 0 aliphatic rings. The molecule has 4 heteroatoms. The predicted octanol–water partition coefficient (Wildman–Crippen LogP) is 4.13. The van der Waals surface area contributed by atoms with E-state index in [9.17, 15) is 0 Å². The maximum Gasteiger partial charge on any atom is 0.177 e. The number of hydrogen-bond acceptors (Lipinski definition) is 2. The lowest BCUT2D eigenvalue weighted by molar-refractivity contribution is 0.791. The van der Waals surface area contributed by atoms with Crippen LogP contribution in [0.15, 0.2) is 60.8 Å². The molecule has 102 valence electrons. The number of hydrogen-bond donors (Lipinski definition) is 1. The van der Waals surface area contributed by atoms with Crippen LogP contribution in [0.4, 0.5) is 0 Å². The lowest BCUT2D eigenvalue weighted by atomic mass is 10.1. The fourth-order valence-corrected chi connectivity index (χ4v) is 2.49. The molecule has 0 bridgehead atoms. The van der Waals surface area contributed by atoms with Gasteiger partial charge >= 0.3 is 0 Å². The van der Waals surface area contributed by atoms with E-state index >= 15 is 0 Å². The predicted molar refractivity (Wildman–Crippen MR) is 85.3 cm³/mol. The summed E-state index contributed by atoms with van der Waals surface area (Å²) in [7, 11) is 0. The number of H-pyrrole nitrogens is 1. The Morgan fingerprint density at radius 1 is 1.05 bits per heavy atom. The Morgan fingerprint density at radius 2 is 1.76 bits per heavy atom. The summed E-state index contributed by atoms with van der Waals surface area (Å²) in [6, 6.07) is 19.8. The van der Waals surface area contributed by atoms with Gasteiger partial charge in [-0.2, -0.15) is 5.26 Å². The SMILES string of the molecule is N#Cc1ccc(Cn2c(-c3ccccc3)c[nH]c2=S)cc1. The Kier molecular flexibility index (Phi) is 3.67. The second kappa shape index (κ2) is 5.78. The van der Waals surface area contributed by atoms with Crippen LogP contribution < -0.4 is 0 Å². The van der Waals surface area contributed by atoms with Crippen molar-refractivity contribution in [3.8, 4) is 17.3 Å². The zero-order valence-corrected chi connectivity index (χ0v) is 12.1. The van der Waals surface area contributed by atoms with E-state index in [2.05, 4.69) is 27.8 Å². The second-order valence-corrected chi connectivity index (χ2v) is 5.13. The third-order valence-corrected chi connectivity index (χ3v) is 3.70. The largest absolute Gasteiger partial charge is 0.337 e. The average molecular weight is 291 g/mol. The zero-order valence-electron chi connectivity index (χ0n) is 11.3. The molecule has 0 saturated carbocycles. The summed E-state index contributed by atoms with van der Waals surface area (Å²) in [6.07, 6.45) is 1.93. The van der Waals surface area contributed by atoms with Crippen molar-refractivity contribution in [2.45, 2.75) is 6.54 Å². The Hall–Kier alpha value is -2.64. The third-order valence-electron chi connectivity index (χ3n) is 3.36. The van der Waals surface area contributed by atoms with E-state index in [1.54, 1.807) is 0 Å². The van der Waals surface area contributed by atoms with Crippen molar-refractivity contribution in [2.24, 2.45) is 0 Å². The van der Waals surface area contributed by atoms with E-state index < -0.39 is 0 Å². The molecule has 2 aromatic carbocycles. The van der Waals surface area contributed by atoms with Crippen molar-refractivity contribution in [1.82, 2.24) is 9.55 Å². The number of rotatable bonds is 3. The first-order valence-corrected chi connectivity index (χ1v) is 7.01. The highest BCUT2D eigenvalue weighted by Crippen LogP contribution is 2.20. The standard InChI is InChI=1S/C17H13N3S/c18-10-13-6-8-14(9-7-13)12-20-16(11-19-17(20)21)15-4-2-1-3-5-15/h1-9,11H,12H2,(H,19,21). The third kappa shape index (κ3) is 2.78. The summed E-state index contributed by atoms with van der Waals surface area (Å²) in [4.78, 5) is 3.10. The van der Waals surface area contributed by atoms with Crippen molar-refractivity contribution in [1.29, 1.82) is 5.26 Å².